The van der Waals surface area contributed by atoms with E-state index in [2.05, 4.69) is 27.0 Å². The summed E-state index contributed by atoms with van der Waals surface area (Å²) in [5.74, 6) is 0.506. The highest BCUT2D eigenvalue weighted by molar-refractivity contribution is 7.09. The van der Waals surface area contributed by atoms with E-state index in [4.69, 9.17) is 9.47 Å². The van der Waals surface area contributed by atoms with Crippen LogP contribution in [-0.2, 0) is 22.6 Å². The minimum atomic E-state index is 0.315. The van der Waals surface area contributed by atoms with Crippen molar-refractivity contribution >= 4 is 11.3 Å². The van der Waals surface area contributed by atoms with Gasteiger partial charge in [0.1, 0.15) is 5.01 Å². The van der Waals surface area contributed by atoms with Crippen LogP contribution in [0.2, 0.25) is 0 Å². The molecule has 2 fully saturated rings. The maximum absolute atomic E-state index is 6.11. The van der Waals surface area contributed by atoms with Gasteiger partial charge in [-0.1, -0.05) is 0 Å². The predicted octanol–water partition coefficient (Wildman–Crippen LogP) is 2.67. The first-order chi connectivity index (χ1) is 11.4. The molecule has 0 unspecified atom stereocenters. The van der Waals surface area contributed by atoms with E-state index in [0.29, 0.717) is 24.7 Å². The van der Waals surface area contributed by atoms with Gasteiger partial charge in [-0.05, 0) is 25.0 Å². The number of H-pyrrole nitrogens is 1. The normalized spacial score (nSPS) is 28.1. The van der Waals surface area contributed by atoms with Gasteiger partial charge < -0.3 is 14.5 Å². The Morgan fingerprint density at radius 3 is 3.26 bits per heavy atom. The molecule has 0 radical (unpaired) electrons. The average molecular weight is 333 g/mol. The van der Waals surface area contributed by atoms with Gasteiger partial charge in [0.05, 0.1) is 25.9 Å². The molecule has 4 rings (SSSR count). The van der Waals surface area contributed by atoms with E-state index in [9.17, 15) is 0 Å². The number of nitrogens with one attached hydrogen (secondary N) is 1. The molecule has 0 amide bonds. The molecule has 1 N–H and O–H groups in total. The van der Waals surface area contributed by atoms with Gasteiger partial charge in [0, 0.05) is 48.5 Å². The summed E-state index contributed by atoms with van der Waals surface area (Å²) in [4.78, 5) is 10.1. The van der Waals surface area contributed by atoms with Crippen LogP contribution in [0.5, 0.6) is 0 Å². The van der Waals surface area contributed by atoms with Crippen LogP contribution in [0.4, 0.5) is 0 Å². The molecule has 3 atom stereocenters. The summed E-state index contributed by atoms with van der Waals surface area (Å²) in [6.45, 7) is 4.23. The molecule has 1 saturated heterocycles. The Balaban J connectivity index is 1.31. The first kappa shape index (κ1) is 15.3. The van der Waals surface area contributed by atoms with Crippen LogP contribution < -0.4 is 0 Å². The third-order valence-electron chi connectivity index (χ3n) is 4.91. The van der Waals surface area contributed by atoms with Crippen molar-refractivity contribution in [3.8, 4) is 0 Å². The quantitative estimate of drug-likeness (QED) is 0.883. The second-order valence-electron chi connectivity index (χ2n) is 6.35. The van der Waals surface area contributed by atoms with E-state index in [0.717, 1.165) is 31.3 Å². The fraction of sp³-hybridized carbons (Fsp3) is 0.588. The summed E-state index contributed by atoms with van der Waals surface area (Å²) in [6.07, 6.45) is 6.54. The molecule has 3 heterocycles. The molecule has 2 aromatic rings. The molecular formula is C17H23N3O2S. The number of morpholine rings is 1. The number of fused-ring (bicyclic) bond motifs is 1. The summed E-state index contributed by atoms with van der Waals surface area (Å²) in [6, 6.07) is 4.76. The molecule has 2 aromatic heterocycles. The van der Waals surface area contributed by atoms with Crippen molar-refractivity contribution in [2.24, 2.45) is 5.92 Å². The van der Waals surface area contributed by atoms with Gasteiger partial charge in [-0.3, -0.25) is 4.90 Å². The number of rotatable bonds is 6. The number of ether oxygens (including phenoxy) is 2. The molecule has 1 aliphatic carbocycles. The largest absolute Gasteiger partial charge is 0.375 e. The number of hydrogen-bond donors (Lipinski definition) is 1. The molecule has 0 aromatic carbocycles. The van der Waals surface area contributed by atoms with Crippen molar-refractivity contribution in [3.63, 3.8) is 0 Å². The van der Waals surface area contributed by atoms with E-state index < -0.39 is 0 Å². The van der Waals surface area contributed by atoms with Gasteiger partial charge in [-0.2, -0.15) is 0 Å². The Bertz CT molecular complexity index is 587. The molecule has 1 saturated carbocycles. The van der Waals surface area contributed by atoms with Gasteiger partial charge in [-0.25, -0.2) is 4.98 Å². The summed E-state index contributed by atoms with van der Waals surface area (Å²) in [5.41, 5.74) is 1.29. The Labute approximate surface area is 140 Å². The van der Waals surface area contributed by atoms with Crippen molar-refractivity contribution in [2.75, 3.05) is 19.8 Å². The average Bonchev–Trinajstić information content (AvgIpc) is 3.30. The lowest BCUT2D eigenvalue weighted by Crippen LogP contribution is -2.50. The summed E-state index contributed by atoms with van der Waals surface area (Å²) < 4.78 is 12.0. The van der Waals surface area contributed by atoms with Crippen LogP contribution in [0.25, 0.3) is 0 Å². The van der Waals surface area contributed by atoms with Crippen LogP contribution in [0.15, 0.2) is 29.9 Å². The van der Waals surface area contributed by atoms with Gasteiger partial charge in [0.2, 0.25) is 0 Å². The number of nitrogens with zero attached hydrogens (tertiary/aromatic N) is 2. The fourth-order valence-electron chi connectivity index (χ4n) is 3.82. The third kappa shape index (κ3) is 3.50. The van der Waals surface area contributed by atoms with E-state index in [1.54, 1.807) is 11.3 Å². The minimum absolute atomic E-state index is 0.315. The standard InChI is InChI=1S/C17H23N3O2S/c1-2-14(18-5-1)10-20-7-8-22-17-13(3-4-15(17)20)11-21-12-16-19-6-9-23-16/h1-2,5-6,9,13,15,17-18H,3-4,7-8,10-12H2/t13-,15-,17+/m0/s1. The topological polar surface area (TPSA) is 50.4 Å². The van der Waals surface area contributed by atoms with Crippen molar-refractivity contribution in [1.82, 2.24) is 14.9 Å². The van der Waals surface area contributed by atoms with Gasteiger partial charge in [0.15, 0.2) is 0 Å². The zero-order chi connectivity index (χ0) is 15.5. The summed E-state index contributed by atoms with van der Waals surface area (Å²) >= 11 is 1.65. The third-order valence-corrected chi connectivity index (χ3v) is 5.66. The number of aromatic nitrogens is 2. The van der Waals surface area contributed by atoms with Crippen LogP contribution >= 0.6 is 11.3 Å². The maximum Gasteiger partial charge on any atom is 0.118 e. The summed E-state index contributed by atoms with van der Waals surface area (Å²) in [7, 11) is 0. The lowest BCUT2D eigenvalue weighted by atomic mass is 10.0. The molecule has 124 valence electrons. The highest BCUT2D eigenvalue weighted by Gasteiger charge is 2.42. The van der Waals surface area contributed by atoms with Crippen molar-refractivity contribution in [3.05, 3.63) is 40.6 Å². The molecule has 23 heavy (non-hydrogen) atoms. The Hall–Kier alpha value is -1.21. The van der Waals surface area contributed by atoms with Crippen LogP contribution in [0.3, 0.4) is 0 Å². The molecular weight excluding hydrogens is 310 g/mol. The first-order valence-corrected chi connectivity index (χ1v) is 9.22. The minimum Gasteiger partial charge on any atom is -0.375 e. The first-order valence-electron chi connectivity index (χ1n) is 8.34. The lowest BCUT2D eigenvalue weighted by Gasteiger charge is -2.39. The summed E-state index contributed by atoms with van der Waals surface area (Å²) in [5, 5.41) is 3.05. The van der Waals surface area contributed by atoms with Crippen molar-refractivity contribution in [2.45, 2.75) is 38.1 Å². The monoisotopic (exact) mass is 333 g/mol. The molecule has 0 bridgehead atoms. The van der Waals surface area contributed by atoms with Gasteiger partial charge in [-0.15, -0.1) is 11.3 Å². The zero-order valence-corrected chi connectivity index (χ0v) is 14.0. The van der Waals surface area contributed by atoms with Crippen LogP contribution in [-0.4, -0.2) is 46.8 Å². The SMILES string of the molecule is c1c[nH]c(CN2CCO[C@@H]3[C@H](COCc4nccs4)CC[C@@H]32)c1. The predicted molar refractivity (Wildman–Crippen MR) is 89.2 cm³/mol. The number of thiazole rings is 1. The van der Waals surface area contributed by atoms with E-state index in [1.165, 1.54) is 18.5 Å². The number of aromatic amines is 1. The van der Waals surface area contributed by atoms with Gasteiger partial charge >= 0.3 is 0 Å². The Morgan fingerprint density at radius 2 is 2.43 bits per heavy atom. The van der Waals surface area contributed by atoms with Crippen LogP contribution in [0, 0.1) is 5.92 Å². The van der Waals surface area contributed by atoms with Crippen LogP contribution in [0.1, 0.15) is 23.5 Å². The van der Waals surface area contributed by atoms with Crippen molar-refractivity contribution in [1.29, 1.82) is 0 Å². The van der Waals surface area contributed by atoms with E-state index in [-0.39, 0.29) is 0 Å². The molecule has 0 spiro atoms. The fourth-order valence-corrected chi connectivity index (χ4v) is 4.37. The van der Waals surface area contributed by atoms with Gasteiger partial charge in [0.25, 0.3) is 0 Å². The molecule has 2 aliphatic rings. The second-order valence-corrected chi connectivity index (χ2v) is 7.33. The smallest absolute Gasteiger partial charge is 0.118 e. The second kappa shape index (κ2) is 7.13. The molecule has 5 nitrogen and oxygen atoms in total. The van der Waals surface area contributed by atoms with Crippen molar-refractivity contribution < 1.29 is 9.47 Å². The molecule has 1 aliphatic heterocycles. The molecule has 6 heteroatoms. The van der Waals surface area contributed by atoms with E-state index in [1.807, 2.05) is 17.8 Å². The maximum atomic E-state index is 6.11. The van der Waals surface area contributed by atoms with E-state index >= 15 is 0 Å². The Morgan fingerprint density at radius 1 is 1.43 bits per heavy atom. The zero-order valence-electron chi connectivity index (χ0n) is 13.2. The highest BCUT2D eigenvalue weighted by Crippen LogP contribution is 2.35. The Kier molecular flexibility index (Phi) is 4.75. The number of hydrogen-bond acceptors (Lipinski definition) is 5. The highest BCUT2D eigenvalue weighted by atomic mass is 32.1. The lowest BCUT2D eigenvalue weighted by molar-refractivity contribution is -0.0894.